The van der Waals surface area contributed by atoms with Gasteiger partial charge in [-0.1, -0.05) is 287 Å². The molecule has 4 aliphatic heterocycles. The van der Waals surface area contributed by atoms with Crippen LogP contribution in [0.4, 0.5) is 85.3 Å². The van der Waals surface area contributed by atoms with Gasteiger partial charge in [0.1, 0.15) is 0 Å². The van der Waals surface area contributed by atoms with Crippen molar-refractivity contribution in [3.05, 3.63) is 370 Å². The maximum atomic E-state index is 2.66. The number of para-hydroxylation sites is 8. The van der Waals surface area contributed by atoms with Crippen LogP contribution in [0, 0.1) is 0 Å². The monoisotopic (exact) mass is 1320 g/mol. The van der Waals surface area contributed by atoms with Crippen LogP contribution in [0.2, 0.25) is 0 Å². The van der Waals surface area contributed by atoms with E-state index in [1.807, 2.05) is 11.8 Å². The first-order chi connectivity index (χ1) is 50.3. The van der Waals surface area contributed by atoms with Crippen molar-refractivity contribution in [1.82, 2.24) is 0 Å². The summed E-state index contributed by atoms with van der Waals surface area (Å²) in [6, 6.07) is 136. The molecule has 19 rings (SSSR count). The first kappa shape index (κ1) is 60.9. The number of fused-ring (bicyclic) bond motifs is 8. The molecule has 15 aromatic rings. The number of nitrogens with zero attached hydrogens (tertiary/aromatic N) is 5. The van der Waals surface area contributed by atoms with Gasteiger partial charge in [0.25, 0.3) is 6.71 Å². The molecular weight excluding hydrogens is 1250 g/mol. The Bertz CT molecular complexity index is 5640. The molecule has 0 N–H and O–H groups in total. The van der Waals surface area contributed by atoms with Crippen LogP contribution in [0.25, 0.3) is 33.4 Å². The molecule has 0 saturated heterocycles. The largest absolute Gasteiger partial charge is 0.311 e. The summed E-state index contributed by atoms with van der Waals surface area (Å²) in [5, 5.41) is 0. The lowest BCUT2D eigenvalue weighted by Gasteiger charge is -2.46. The summed E-state index contributed by atoms with van der Waals surface area (Å²) in [6.07, 6.45) is 0. The fourth-order valence-corrected chi connectivity index (χ4v) is 17.6. The second-order valence-corrected chi connectivity index (χ2v) is 29.1. The average Bonchev–Trinajstić information content (AvgIpc) is 0.689. The van der Waals surface area contributed by atoms with Crippen LogP contribution in [0.1, 0.15) is 26.3 Å². The first-order valence-electron chi connectivity index (χ1n) is 35.4. The molecule has 0 unspecified atom stereocenters. The highest BCUT2D eigenvalue weighted by Gasteiger charge is 2.48. The second kappa shape index (κ2) is 24.9. The molecule has 102 heavy (non-hydrogen) atoms. The molecule has 0 fully saturated rings. The lowest BCUT2D eigenvalue weighted by molar-refractivity contribution is 0.590. The van der Waals surface area contributed by atoms with Crippen molar-refractivity contribution in [1.29, 1.82) is 0 Å². The van der Waals surface area contributed by atoms with E-state index >= 15 is 0 Å². The highest BCUT2D eigenvalue weighted by Crippen LogP contribution is 2.53. The molecule has 5 nitrogen and oxygen atoms in total. The molecule has 4 heterocycles. The minimum Gasteiger partial charge on any atom is -0.311 e. The van der Waals surface area contributed by atoms with Crippen molar-refractivity contribution in [2.45, 2.75) is 36.0 Å². The summed E-state index contributed by atoms with van der Waals surface area (Å²) in [4.78, 5) is 15.1. The van der Waals surface area contributed by atoms with Gasteiger partial charge in [0.15, 0.2) is 0 Å². The van der Waals surface area contributed by atoms with E-state index < -0.39 is 0 Å². The van der Waals surface area contributed by atoms with Crippen LogP contribution < -0.4 is 57.3 Å². The number of benzene rings is 15. The Labute approximate surface area is 602 Å². The molecular formula is C94H69B2N5S. The van der Waals surface area contributed by atoms with Crippen LogP contribution in [0.3, 0.4) is 0 Å². The van der Waals surface area contributed by atoms with E-state index in [-0.39, 0.29) is 18.8 Å². The highest BCUT2D eigenvalue weighted by molar-refractivity contribution is 8.00. The fourth-order valence-electron chi connectivity index (χ4n) is 16.4. The molecule has 15 aromatic carbocycles. The van der Waals surface area contributed by atoms with Crippen molar-refractivity contribution in [3.63, 3.8) is 0 Å². The van der Waals surface area contributed by atoms with Crippen LogP contribution >= 0.6 is 11.8 Å². The highest BCUT2D eigenvalue weighted by atomic mass is 32.2. The van der Waals surface area contributed by atoms with Gasteiger partial charge in [-0.15, -0.1) is 0 Å². The van der Waals surface area contributed by atoms with Crippen molar-refractivity contribution >= 4 is 143 Å². The summed E-state index contributed by atoms with van der Waals surface area (Å²) >= 11 is 1.91. The Hall–Kier alpha value is -12.2. The summed E-state index contributed by atoms with van der Waals surface area (Å²) in [6.45, 7) is 6.60. The number of anilines is 15. The van der Waals surface area contributed by atoms with E-state index in [0.717, 1.165) is 102 Å². The van der Waals surface area contributed by atoms with Crippen LogP contribution in [0.5, 0.6) is 0 Å². The third-order valence-electron chi connectivity index (χ3n) is 21.0. The van der Waals surface area contributed by atoms with Crippen molar-refractivity contribution in [2.75, 3.05) is 24.5 Å². The maximum absolute atomic E-state index is 2.66. The van der Waals surface area contributed by atoms with Crippen molar-refractivity contribution in [3.8, 4) is 33.4 Å². The van der Waals surface area contributed by atoms with Gasteiger partial charge in [0, 0.05) is 89.2 Å². The molecule has 0 saturated carbocycles. The molecule has 8 heteroatoms. The Morgan fingerprint density at radius 2 is 0.686 bits per heavy atom. The van der Waals surface area contributed by atoms with Crippen LogP contribution in [0.15, 0.2) is 374 Å². The summed E-state index contributed by atoms with van der Waals surface area (Å²) < 4.78 is 0. The Morgan fingerprint density at radius 1 is 0.265 bits per heavy atom. The van der Waals surface area contributed by atoms with E-state index in [1.165, 1.54) is 65.1 Å². The van der Waals surface area contributed by atoms with Crippen molar-refractivity contribution in [2.24, 2.45) is 0 Å². The molecule has 482 valence electrons. The van der Waals surface area contributed by atoms with Gasteiger partial charge in [-0.05, 0) is 176 Å². The van der Waals surface area contributed by atoms with Crippen LogP contribution in [-0.2, 0) is 5.41 Å². The summed E-state index contributed by atoms with van der Waals surface area (Å²) in [5.41, 5.74) is 32.5. The molecule has 0 atom stereocenters. The Kier molecular flexibility index (Phi) is 14.9. The topological polar surface area (TPSA) is 16.2 Å². The van der Waals surface area contributed by atoms with Gasteiger partial charge in [0.05, 0.1) is 17.1 Å². The van der Waals surface area contributed by atoms with E-state index in [2.05, 4.69) is 409 Å². The molecule has 0 radical (unpaired) electrons. The minimum atomic E-state index is -0.191. The van der Waals surface area contributed by atoms with E-state index in [0.29, 0.717) is 0 Å². The van der Waals surface area contributed by atoms with Gasteiger partial charge in [-0.25, -0.2) is 0 Å². The zero-order valence-corrected chi connectivity index (χ0v) is 57.8. The normalized spacial score (nSPS) is 12.9. The third kappa shape index (κ3) is 10.3. The number of hydrogen-bond acceptors (Lipinski definition) is 6. The van der Waals surface area contributed by atoms with Gasteiger partial charge in [-0.3, -0.25) is 0 Å². The zero-order valence-electron chi connectivity index (χ0n) is 56.9. The molecule has 0 amide bonds. The molecule has 0 aliphatic carbocycles. The van der Waals surface area contributed by atoms with Crippen molar-refractivity contribution < 1.29 is 0 Å². The molecule has 0 aromatic heterocycles. The minimum absolute atomic E-state index is 0.0247. The summed E-state index contributed by atoms with van der Waals surface area (Å²) in [5.74, 6) is 0. The Morgan fingerprint density at radius 3 is 1.26 bits per heavy atom. The van der Waals surface area contributed by atoms with Gasteiger partial charge >= 0.3 is 0 Å². The van der Waals surface area contributed by atoms with E-state index in [9.17, 15) is 0 Å². The standard InChI is InChI=1S/C94H69B2N5S/c1-94(2,3)68-54-50-67(51-55-68)77-43-23-27-47-83(77)101-86-63-90-81(96-79-45-25-29-49-85(79)100(72-40-20-9-21-41-72)89-60-75(61-91(102-90)93(89)96)97(69-34-14-6-15-35-69)70-36-16-7-17-37-70)62-80(86)95-78-44-24-28-48-84(78)99(71-38-18-8-19-39-71)87-58-74(59-88(101)92(87)95)98(73-56-52-65(53-57-73)64-30-10-4-11-31-64)82-46-26-22-42-76(82)66-32-12-5-13-33-66/h4-63H,1-3H3. The average molecular weight is 1320 g/mol. The third-order valence-corrected chi connectivity index (χ3v) is 22.1. The number of hydrogen-bond donors (Lipinski definition) is 0. The van der Waals surface area contributed by atoms with E-state index in [1.54, 1.807) is 0 Å². The zero-order chi connectivity index (χ0) is 68.0. The van der Waals surface area contributed by atoms with Crippen LogP contribution in [-0.4, -0.2) is 13.4 Å². The van der Waals surface area contributed by atoms with Gasteiger partial charge in [-0.2, -0.15) is 0 Å². The fraction of sp³-hybridized carbons (Fsp3) is 0.0426. The van der Waals surface area contributed by atoms with E-state index in [4.69, 9.17) is 0 Å². The SMILES string of the molecule is CC(C)(C)c1ccc(-c2ccccc2N2c3cc4c(cc3B3c5ccccc5N(c5ccccc5)c5cc(N(c6ccc(-c7ccccc7)cc6)c6ccccc6-c6ccccc6)cc2c53)B2c3ccccc3N(c3ccccc3)c3cc(N(c5ccccc5)c5ccccc5)cc(c32)S4)cc1. The first-order valence-corrected chi connectivity index (χ1v) is 36.2. The summed E-state index contributed by atoms with van der Waals surface area (Å²) in [7, 11) is 0. The predicted octanol–water partition coefficient (Wildman–Crippen LogP) is 21.8. The molecule has 4 aliphatic rings. The lowest BCUT2D eigenvalue weighted by Crippen LogP contribution is -2.64. The number of rotatable bonds is 12. The molecule has 0 spiro atoms. The smallest absolute Gasteiger partial charge is 0.252 e. The quantitative estimate of drug-likeness (QED) is 0.113. The maximum Gasteiger partial charge on any atom is 0.252 e. The molecule has 0 bridgehead atoms. The van der Waals surface area contributed by atoms with Gasteiger partial charge < -0.3 is 24.5 Å². The lowest BCUT2D eigenvalue weighted by atomic mass is 9.31. The Balaban J connectivity index is 0.911. The van der Waals surface area contributed by atoms with Gasteiger partial charge in [0.2, 0.25) is 6.71 Å². The predicted molar refractivity (Wildman–Crippen MR) is 435 cm³/mol. The second-order valence-electron chi connectivity index (χ2n) is 28.0.